The third-order valence-corrected chi connectivity index (χ3v) is 7.65. The van der Waals surface area contributed by atoms with Crippen LogP contribution in [0.2, 0.25) is 0 Å². The molecule has 1 aliphatic heterocycles. The predicted octanol–water partition coefficient (Wildman–Crippen LogP) is 7.51. The molecule has 6 aromatic rings. The molecule has 0 spiro atoms. The van der Waals surface area contributed by atoms with Crippen LogP contribution < -0.4 is 9.47 Å². The van der Waals surface area contributed by atoms with Crippen LogP contribution in [0.5, 0.6) is 11.8 Å². The smallest absolute Gasteiger partial charge is 0.254 e. The first-order valence-electron chi connectivity index (χ1n) is 14.2. The van der Waals surface area contributed by atoms with Gasteiger partial charge in [0.2, 0.25) is 17.7 Å². The van der Waals surface area contributed by atoms with E-state index in [0.717, 1.165) is 11.1 Å². The average molecular weight is 568 g/mol. The van der Waals surface area contributed by atoms with E-state index in [1.165, 1.54) is 16.7 Å². The van der Waals surface area contributed by atoms with Gasteiger partial charge in [-0.3, -0.25) is 4.79 Å². The van der Waals surface area contributed by atoms with Gasteiger partial charge in [0.05, 0.1) is 5.56 Å². The van der Waals surface area contributed by atoms with E-state index in [1.807, 2.05) is 83.8 Å². The monoisotopic (exact) mass is 567 g/mol. The molecule has 0 N–H and O–H groups in total. The second kappa shape index (κ2) is 11.4. The lowest BCUT2D eigenvalue weighted by atomic mass is 10.1. The van der Waals surface area contributed by atoms with E-state index in [-0.39, 0.29) is 5.91 Å². The van der Waals surface area contributed by atoms with Gasteiger partial charge in [-0.15, -0.1) is 0 Å². The Balaban J connectivity index is 1.16. The van der Waals surface area contributed by atoms with Crippen LogP contribution >= 0.6 is 0 Å². The Bertz CT molecular complexity index is 1920. The van der Waals surface area contributed by atoms with Crippen molar-refractivity contribution in [1.82, 2.24) is 14.9 Å². The molecule has 0 aliphatic carbocycles. The van der Waals surface area contributed by atoms with Crippen molar-refractivity contribution in [2.24, 2.45) is 0 Å². The van der Waals surface area contributed by atoms with Gasteiger partial charge in [0.25, 0.3) is 5.91 Å². The van der Waals surface area contributed by atoms with Gasteiger partial charge < -0.3 is 18.8 Å². The van der Waals surface area contributed by atoms with Crippen LogP contribution in [0.1, 0.15) is 38.2 Å². The van der Waals surface area contributed by atoms with Crippen molar-refractivity contribution in [3.05, 3.63) is 143 Å². The van der Waals surface area contributed by atoms with E-state index in [1.54, 1.807) is 18.2 Å². The number of aromatic nitrogens is 2. The largest absolute Gasteiger partial charge is 0.473 e. The minimum Gasteiger partial charge on any atom is -0.473 e. The quantitative estimate of drug-likeness (QED) is 0.189. The van der Waals surface area contributed by atoms with Gasteiger partial charge in [-0.25, -0.2) is 4.98 Å². The molecule has 4 aromatic carbocycles. The normalized spacial score (nSPS) is 12.3. The second-order valence-electron chi connectivity index (χ2n) is 10.6. The van der Waals surface area contributed by atoms with Crippen molar-refractivity contribution in [1.29, 1.82) is 0 Å². The van der Waals surface area contributed by atoms with Crippen molar-refractivity contribution in [3.8, 4) is 23.2 Å². The molecule has 7 nitrogen and oxygen atoms in total. The van der Waals surface area contributed by atoms with Crippen LogP contribution in [-0.4, -0.2) is 20.8 Å². The van der Waals surface area contributed by atoms with E-state index in [9.17, 15) is 4.79 Å². The number of aryl methyl sites for hydroxylation is 1. The molecule has 0 radical (unpaired) electrons. The van der Waals surface area contributed by atoms with Gasteiger partial charge in [-0.1, -0.05) is 78.9 Å². The van der Waals surface area contributed by atoms with E-state index in [4.69, 9.17) is 18.9 Å². The summed E-state index contributed by atoms with van der Waals surface area (Å²) in [7, 11) is 0. The van der Waals surface area contributed by atoms with Gasteiger partial charge in [0.15, 0.2) is 5.58 Å². The van der Waals surface area contributed by atoms with Crippen molar-refractivity contribution in [3.63, 3.8) is 0 Å². The summed E-state index contributed by atoms with van der Waals surface area (Å²) in [5.74, 6) is 1.10. The Kier molecular flexibility index (Phi) is 7.05. The Morgan fingerprint density at radius 3 is 2.28 bits per heavy atom. The molecule has 1 amide bonds. The Morgan fingerprint density at radius 2 is 1.53 bits per heavy atom. The van der Waals surface area contributed by atoms with Crippen molar-refractivity contribution in [2.45, 2.75) is 33.2 Å². The number of nitrogens with zero attached hydrogens (tertiary/aromatic N) is 3. The lowest BCUT2D eigenvalue weighted by Gasteiger charge is -2.15. The predicted molar refractivity (Wildman–Crippen MR) is 164 cm³/mol. The van der Waals surface area contributed by atoms with Crippen LogP contribution in [0.3, 0.4) is 0 Å². The zero-order chi connectivity index (χ0) is 29.2. The summed E-state index contributed by atoms with van der Waals surface area (Å²) < 4.78 is 18.4. The summed E-state index contributed by atoms with van der Waals surface area (Å²) >= 11 is 0. The molecular formula is C36H29N3O4. The number of amides is 1. The SMILES string of the molecule is Cc1cccc2c1CN(C(=O)c1ccc3nc(-c4ccc(OCc5ccccc5)nc4OCc4ccccc4)oc3c1)C2. The number of carbonyl (C=O) groups excluding carboxylic acids is 1. The lowest BCUT2D eigenvalue weighted by molar-refractivity contribution is 0.0751. The fraction of sp³-hybridized carbons (Fsp3) is 0.139. The van der Waals surface area contributed by atoms with Crippen LogP contribution in [0.4, 0.5) is 0 Å². The molecule has 7 rings (SSSR count). The zero-order valence-corrected chi connectivity index (χ0v) is 23.7. The molecule has 0 fully saturated rings. The van der Waals surface area contributed by atoms with Gasteiger partial charge >= 0.3 is 0 Å². The summed E-state index contributed by atoms with van der Waals surface area (Å²) in [4.78, 5) is 24.7. The van der Waals surface area contributed by atoms with E-state index >= 15 is 0 Å². The van der Waals surface area contributed by atoms with Crippen molar-refractivity contribution >= 4 is 17.0 Å². The van der Waals surface area contributed by atoms with Crippen molar-refractivity contribution < 1.29 is 18.7 Å². The maximum Gasteiger partial charge on any atom is 0.254 e. The minimum absolute atomic E-state index is 0.0380. The summed E-state index contributed by atoms with van der Waals surface area (Å²) in [6, 6.07) is 35.0. The fourth-order valence-corrected chi connectivity index (χ4v) is 5.32. The number of rotatable bonds is 8. The van der Waals surface area contributed by atoms with Gasteiger partial charge in [0.1, 0.15) is 18.7 Å². The molecule has 0 atom stereocenters. The Hall–Kier alpha value is -5.43. The highest BCUT2D eigenvalue weighted by Gasteiger charge is 2.26. The highest BCUT2D eigenvalue weighted by atomic mass is 16.5. The summed E-state index contributed by atoms with van der Waals surface area (Å²) in [6.45, 7) is 3.99. The summed E-state index contributed by atoms with van der Waals surface area (Å²) in [5.41, 5.74) is 8.00. The maximum absolute atomic E-state index is 13.4. The number of ether oxygens (including phenoxy) is 2. The first kappa shape index (κ1) is 26.5. The molecule has 7 heteroatoms. The molecular weight excluding hydrogens is 538 g/mol. The molecule has 0 saturated heterocycles. The maximum atomic E-state index is 13.4. The standard InChI is InChI=1S/C36H29N3O4/c1-24-9-8-14-28-20-39(21-30(24)28)36(40)27-15-17-31-32(19-27)43-35(37-31)29-16-18-33(41-22-25-10-4-2-5-11-25)38-34(29)42-23-26-12-6-3-7-13-26/h2-19H,20-23H2,1H3. The number of benzene rings is 4. The molecule has 0 bridgehead atoms. The van der Waals surface area contributed by atoms with Crippen molar-refractivity contribution in [2.75, 3.05) is 0 Å². The van der Waals surface area contributed by atoms with Gasteiger partial charge in [0, 0.05) is 24.7 Å². The minimum atomic E-state index is -0.0380. The van der Waals surface area contributed by atoms with Gasteiger partial charge in [-0.2, -0.15) is 4.98 Å². The number of oxazole rings is 1. The van der Waals surface area contributed by atoms with Crippen LogP contribution in [-0.2, 0) is 26.3 Å². The first-order chi connectivity index (χ1) is 21.1. The third kappa shape index (κ3) is 5.57. The summed E-state index contributed by atoms with van der Waals surface area (Å²) in [6.07, 6.45) is 0. The Morgan fingerprint density at radius 1 is 0.791 bits per heavy atom. The third-order valence-electron chi connectivity index (χ3n) is 7.65. The number of hydrogen-bond donors (Lipinski definition) is 0. The zero-order valence-electron chi connectivity index (χ0n) is 23.7. The lowest BCUT2D eigenvalue weighted by Crippen LogP contribution is -2.25. The number of fused-ring (bicyclic) bond motifs is 2. The second-order valence-corrected chi connectivity index (χ2v) is 10.6. The molecule has 1 aliphatic rings. The van der Waals surface area contributed by atoms with Crippen LogP contribution in [0.15, 0.2) is 114 Å². The Labute approximate surface area is 249 Å². The van der Waals surface area contributed by atoms with E-state index in [2.05, 4.69) is 24.0 Å². The molecule has 2 aromatic heterocycles. The number of carbonyl (C=O) groups is 1. The molecule has 43 heavy (non-hydrogen) atoms. The first-order valence-corrected chi connectivity index (χ1v) is 14.2. The topological polar surface area (TPSA) is 77.7 Å². The molecule has 212 valence electrons. The van der Waals surface area contributed by atoms with Crippen LogP contribution in [0, 0.1) is 6.92 Å². The summed E-state index contributed by atoms with van der Waals surface area (Å²) in [5, 5.41) is 0. The molecule has 0 unspecified atom stereocenters. The highest BCUT2D eigenvalue weighted by molar-refractivity contribution is 5.97. The van der Waals surface area contributed by atoms with E-state index < -0.39 is 0 Å². The molecule has 0 saturated carbocycles. The number of pyridine rings is 1. The number of hydrogen-bond acceptors (Lipinski definition) is 6. The fourth-order valence-electron chi connectivity index (χ4n) is 5.32. The van der Waals surface area contributed by atoms with Gasteiger partial charge in [-0.05, 0) is 59.0 Å². The average Bonchev–Trinajstić information content (AvgIpc) is 3.69. The van der Waals surface area contributed by atoms with E-state index in [0.29, 0.717) is 66.2 Å². The molecule has 3 heterocycles. The highest BCUT2D eigenvalue weighted by Crippen LogP contribution is 2.34. The van der Waals surface area contributed by atoms with Crippen LogP contribution in [0.25, 0.3) is 22.6 Å².